The van der Waals surface area contributed by atoms with Crippen molar-refractivity contribution in [1.82, 2.24) is 9.21 Å². The smallest absolute Gasteiger partial charge is 0.325 e. The van der Waals surface area contributed by atoms with E-state index in [1.165, 1.54) is 16.4 Å². The molecule has 30 heavy (non-hydrogen) atoms. The van der Waals surface area contributed by atoms with Crippen LogP contribution in [0.5, 0.6) is 0 Å². The number of alkyl halides is 3. The number of piperazine rings is 1. The summed E-state index contributed by atoms with van der Waals surface area (Å²) in [5, 5.41) is 2.46. The highest BCUT2D eigenvalue weighted by Gasteiger charge is 2.31. The fourth-order valence-electron chi connectivity index (χ4n) is 3.16. The highest BCUT2D eigenvalue weighted by molar-refractivity contribution is 7.89. The van der Waals surface area contributed by atoms with Crippen LogP contribution < -0.4 is 5.32 Å². The van der Waals surface area contributed by atoms with E-state index < -0.39 is 27.7 Å². The standard InChI is InChI=1S/C20H22F3N3O3S/c1-15-5-7-18(8-6-15)30(28,29)26-11-9-25(10-12-26)14-19(27)24-17-4-2-3-16(13-17)20(21,22)23/h2-8,13H,9-12,14H2,1H3,(H,24,27). The maximum absolute atomic E-state index is 12.8. The van der Waals surface area contributed by atoms with E-state index in [0.717, 1.165) is 17.7 Å². The predicted octanol–water partition coefficient (Wildman–Crippen LogP) is 2.96. The zero-order chi connectivity index (χ0) is 21.9. The molecule has 0 unspecified atom stereocenters. The molecule has 2 aromatic rings. The first-order valence-electron chi connectivity index (χ1n) is 9.32. The summed E-state index contributed by atoms with van der Waals surface area (Å²) in [5.41, 5.74) is 0.191. The van der Waals surface area contributed by atoms with Crippen LogP contribution in [0.1, 0.15) is 11.1 Å². The molecule has 1 N–H and O–H groups in total. The highest BCUT2D eigenvalue weighted by atomic mass is 32.2. The number of hydrogen-bond donors (Lipinski definition) is 1. The summed E-state index contributed by atoms with van der Waals surface area (Å²) in [7, 11) is -3.60. The third-order valence-corrected chi connectivity index (χ3v) is 6.74. The van der Waals surface area contributed by atoms with Crippen molar-refractivity contribution >= 4 is 21.6 Å². The van der Waals surface area contributed by atoms with Gasteiger partial charge in [0, 0.05) is 31.9 Å². The van der Waals surface area contributed by atoms with Crippen molar-refractivity contribution in [2.75, 3.05) is 38.0 Å². The van der Waals surface area contributed by atoms with Gasteiger partial charge in [-0.3, -0.25) is 9.69 Å². The first-order valence-corrected chi connectivity index (χ1v) is 10.8. The summed E-state index contributed by atoms with van der Waals surface area (Å²) in [5.74, 6) is -0.454. The van der Waals surface area contributed by atoms with E-state index >= 15 is 0 Å². The van der Waals surface area contributed by atoms with Crippen molar-refractivity contribution in [2.45, 2.75) is 18.0 Å². The fraction of sp³-hybridized carbons (Fsp3) is 0.350. The SMILES string of the molecule is Cc1ccc(S(=O)(=O)N2CCN(CC(=O)Nc3cccc(C(F)(F)F)c3)CC2)cc1. The van der Waals surface area contributed by atoms with Gasteiger partial charge < -0.3 is 5.32 Å². The van der Waals surface area contributed by atoms with Crippen LogP contribution in [0.25, 0.3) is 0 Å². The average Bonchev–Trinajstić information content (AvgIpc) is 2.68. The van der Waals surface area contributed by atoms with E-state index in [1.807, 2.05) is 6.92 Å². The van der Waals surface area contributed by atoms with Gasteiger partial charge in [0.05, 0.1) is 17.0 Å². The second-order valence-electron chi connectivity index (χ2n) is 7.12. The van der Waals surface area contributed by atoms with E-state index in [1.54, 1.807) is 29.2 Å². The zero-order valence-electron chi connectivity index (χ0n) is 16.3. The topological polar surface area (TPSA) is 69.7 Å². The van der Waals surface area contributed by atoms with Gasteiger partial charge in [0.2, 0.25) is 15.9 Å². The molecule has 1 aliphatic heterocycles. The molecule has 2 aromatic carbocycles. The molecule has 1 heterocycles. The molecule has 0 aromatic heterocycles. The average molecular weight is 441 g/mol. The van der Waals surface area contributed by atoms with Gasteiger partial charge in [-0.25, -0.2) is 8.42 Å². The van der Waals surface area contributed by atoms with Crippen molar-refractivity contribution in [3.05, 3.63) is 59.7 Å². The molecular formula is C20H22F3N3O3S. The number of nitrogens with one attached hydrogen (secondary N) is 1. The van der Waals surface area contributed by atoms with E-state index in [-0.39, 0.29) is 30.2 Å². The number of sulfonamides is 1. The van der Waals surface area contributed by atoms with Crippen molar-refractivity contribution < 1.29 is 26.4 Å². The Morgan fingerprint density at radius 1 is 1.03 bits per heavy atom. The molecule has 10 heteroatoms. The number of carbonyl (C=O) groups is 1. The van der Waals surface area contributed by atoms with Crippen molar-refractivity contribution in [2.24, 2.45) is 0 Å². The Labute approximate surface area is 173 Å². The molecule has 1 fully saturated rings. The second-order valence-corrected chi connectivity index (χ2v) is 9.06. The van der Waals surface area contributed by atoms with Crippen LogP contribution in [0.15, 0.2) is 53.4 Å². The van der Waals surface area contributed by atoms with Gasteiger partial charge in [0.25, 0.3) is 0 Å². The Bertz CT molecular complexity index is 1000. The van der Waals surface area contributed by atoms with Gasteiger partial charge in [-0.1, -0.05) is 23.8 Å². The summed E-state index contributed by atoms with van der Waals surface area (Å²) < 4.78 is 65.1. The molecule has 1 saturated heterocycles. The number of aryl methyl sites for hydroxylation is 1. The fourth-order valence-corrected chi connectivity index (χ4v) is 4.59. The molecule has 1 amide bonds. The zero-order valence-corrected chi connectivity index (χ0v) is 17.1. The molecule has 0 saturated carbocycles. The third kappa shape index (κ3) is 5.38. The van der Waals surface area contributed by atoms with Gasteiger partial charge in [-0.15, -0.1) is 0 Å². The number of anilines is 1. The second kappa shape index (κ2) is 8.75. The molecule has 1 aliphatic rings. The Balaban J connectivity index is 1.54. The number of rotatable bonds is 5. The number of benzene rings is 2. The number of carbonyl (C=O) groups excluding carboxylic acids is 1. The monoisotopic (exact) mass is 441 g/mol. The summed E-state index contributed by atoms with van der Waals surface area (Å²) in [6.45, 7) is 3.00. The van der Waals surface area contributed by atoms with Gasteiger partial charge in [0.15, 0.2) is 0 Å². The minimum atomic E-state index is -4.49. The lowest BCUT2D eigenvalue weighted by molar-refractivity contribution is -0.137. The van der Waals surface area contributed by atoms with Gasteiger partial charge in [-0.05, 0) is 37.3 Å². The Hall–Kier alpha value is -2.43. The molecule has 162 valence electrons. The van der Waals surface area contributed by atoms with E-state index in [2.05, 4.69) is 5.32 Å². The summed E-state index contributed by atoms with van der Waals surface area (Å²) >= 11 is 0. The summed E-state index contributed by atoms with van der Waals surface area (Å²) in [6, 6.07) is 11.0. The molecule has 3 rings (SSSR count). The van der Waals surface area contributed by atoms with Crippen molar-refractivity contribution in [3.8, 4) is 0 Å². The van der Waals surface area contributed by atoms with E-state index in [9.17, 15) is 26.4 Å². The summed E-state index contributed by atoms with van der Waals surface area (Å²) in [6.07, 6.45) is -4.49. The molecule has 0 atom stereocenters. The van der Waals surface area contributed by atoms with Crippen molar-refractivity contribution in [3.63, 3.8) is 0 Å². The first kappa shape index (κ1) is 22.3. The largest absolute Gasteiger partial charge is 0.416 e. The predicted molar refractivity (Wildman–Crippen MR) is 106 cm³/mol. The highest BCUT2D eigenvalue weighted by Crippen LogP contribution is 2.30. The van der Waals surface area contributed by atoms with Crippen LogP contribution in [0.4, 0.5) is 18.9 Å². The summed E-state index contributed by atoms with van der Waals surface area (Å²) in [4.78, 5) is 14.2. The van der Waals surface area contributed by atoms with Crippen LogP contribution in [-0.4, -0.2) is 56.3 Å². The van der Waals surface area contributed by atoms with Gasteiger partial charge in [0.1, 0.15) is 0 Å². The van der Waals surface area contributed by atoms with Crippen LogP contribution in [0.2, 0.25) is 0 Å². The molecule has 0 spiro atoms. The van der Waals surface area contributed by atoms with Gasteiger partial charge >= 0.3 is 6.18 Å². The molecule has 0 radical (unpaired) electrons. The molecule has 0 bridgehead atoms. The quantitative estimate of drug-likeness (QED) is 0.775. The van der Waals surface area contributed by atoms with E-state index in [4.69, 9.17) is 0 Å². The Morgan fingerprint density at radius 3 is 2.27 bits per heavy atom. The Kier molecular flexibility index (Phi) is 6.49. The maximum atomic E-state index is 12.8. The van der Waals surface area contributed by atoms with Crippen LogP contribution in [0, 0.1) is 6.92 Å². The lowest BCUT2D eigenvalue weighted by Crippen LogP contribution is -2.50. The van der Waals surface area contributed by atoms with Crippen molar-refractivity contribution in [1.29, 1.82) is 0 Å². The van der Waals surface area contributed by atoms with Gasteiger partial charge in [-0.2, -0.15) is 17.5 Å². The molecule has 0 aliphatic carbocycles. The lowest BCUT2D eigenvalue weighted by atomic mass is 10.2. The molecule has 6 nitrogen and oxygen atoms in total. The lowest BCUT2D eigenvalue weighted by Gasteiger charge is -2.33. The van der Waals surface area contributed by atoms with E-state index in [0.29, 0.717) is 13.1 Å². The number of amides is 1. The minimum Gasteiger partial charge on any atom is -0.325 e. The Morgan fingerprint density at radius 2 is 1.67 bits per heavy atom. The first-order chi connectivity index (χ1) is 14.1. The third-order valence-electron chi connectivity index (χ3n) is 4.83. The molecular weight excluding hydrogens is 419 g/mol. The minimum absolute atomic E-state index is 0.0331. The van der Waals surface area contributed by atoms with Crippen LogP contribution in [-0.2, 0) is 21.0 Å². The normalized spacial score (nSPS) is 16.4. The number of nitrogens with zero attached hydrogens (tertiary/aromatic N) is 2. The maximum Gasteiger partial charge on any atom is 0.416 e. The van der Waals surface area contributed by atoms with Crippen LogP contribution in [0.3, 0.4) is 0 Å². The van der Waals surface area contributed by atoms with Crippen LogP contribution >= 0.6 is 0 Å². The number of halogens is 3. The number of hydrogen-bond acceptors (Lipinski definition) is 4.